The molecule has 1 aliphatic rings. The van der Waals surface area contributed by atoms with Crippen molar-refractivity contribution in [2.45, 2.75) is 26.7 Å². The molecule has 0 aliphatic carbocycles. The maximum atomic E-state index is 12.4. The molecule has 6 heteroatoms. The van der Waals surface area contributed by atoms with E-state index in [0.29, 0.717) is 19.4 Å². The average Bonchev–Trinajstić information content (AvgIpc) is 2.84. The van der Waals surface area contributed by atoms with E-state index in [1.54, 1.807) is 0 Å². The van der Waals surface area contributed by atoms with Crippen LogP contribution in [0.3, 0.4) is 0 Å². The van der Waals surface area contributed by atoms with Crippen molar-refractivity contribution in [3.63, 3.8) is 0 Å². The van der Waals surface area contributed by atoms with Crippen LogP contribution in [0.15, 0.2) is 30.3 Å². The molecule has 1 unspecified atom stereocenters. The highest BCUT2D eigenvalue weighted by Crippen LogP contribution is 2.24. The zero-order valence-electron chi connectivity index (χ0n) is 13.3. The summed E-state index contributed by atoms with van der Waals surface area (Å²) < 4.78 is 1.83. The van der Waals surface area contributed by atoms with Crippen molar-refractivity contribution in [3.05, 3.63) is 41.7 Å². The standard InChI is InChI=1S/C17H20N4O2/c1-11-16(19-17(23)13-8-9-15(22)18-10-13)12(2)21(20-11)14-6-4-3-5-7-14/h3-7,13H,8-10H2,1-2H3,(H,18,22)(H,19,23). The Hall–Kier alpha value is -2.63. The summed E-state index contributed by atoms with van der Waals surface area (Å²) in [4.78, 5) is 23.6. The number of hydrogen-bond donors (Lipinski definition) is 2. The van der Waals surface area contributed by atoms with Crippen molar-refractivity contribution in [2.24, 2.45) is 5.92 Å². The molecule has 1 fully saturated rings. The molecule has 6 nitrogen and oxygen atoms in total. The van der Waals surface area contributed by atoms with Gasteiger partial charge in [-0.2, -0.15) is 5.10 Å². The fraction of sp³-hybridized carbons (Fsp3) is 0.353. The van der Waals surface area contributed by atoms with Crippen LogP contribution >= 0.6 is 0 Å². The number of nitrogens with one attached hydrogen (secondary N) is 2. The van der Waals surface area contributed by atoms with Crippen molar-refractivity contribution < 1.29 is 9.59 Å². The van der Waals surface area contributed by atoms with Crippen LogP contribution in [0.4, 0.5) is 5.69 Å². The number of piperidine rings is 1. The van der Waals surface area contributed by atoms with Gasteiger partial charge < -0.3 is 10.6 Å². The lowest BCUT2D eigenvalue weighted by molar-refractivity contribution is -0.126. The number of anilines is 1. The monoisotopic (exact) mass is 312 g/mol. The van der Waals surface area contributed by atoms with Crippen molar-refractivity contribution in [1.29, 1.82) is 0 Å². The molecule has 2 N–H and O–H groups in total. The molecule has 3 rings (SSSR count). The van der Waals surface area contributed by atoms with Crippen LogP contribution < -0.4 is 10.6 Å². The third kappa shape index (κ3) is 3.11. The van der Waals surface area contributed by atoms with Crippen LogP contribution in [-0.4, -0.2) is 28.1 Å². The van der Waals surface area contributed by atoms with Gasteiger partial charge in [0.2, 0.25) is 11.8 Å². The Kier molecular flexibility index (Phi) is 4.14. The molecular formula is C17H20N4O2. The molecule has 1 aliphatic heterocycles. The van der Waals surface area contributed by atoms with Crippen LogP contribution in [0.2, 0.25) is 0 Å². The summed E-state index contributed by atoms with van der Waals surface area (Å²) in [6.07, 6.45) is 0.988. The van der Waals surface area contributed by atoms with Gasteiger partial charge in [0.15, 0.2) is 0 Å². The molecule has 23 heavy (non-hydrogen) atoms. The Morgan fingerprint density at radius 2 is 2.04 bits per heavy atom. The molecule has 1 aromatic heterocycles. The molecule has 1 saturated heterocycles. The number of carbonyl (C=O) groups excluding carboxylic acids is 2. The van der Waals surface area contributed by atoms with Gasteiger partial charge in [0, 0.05) is 13.0 Å². The minimum absolute atomic E-state index is 0.0123. The molecule has 0 radical (unpaired) electrons. The van der Waals surface area contributed by atoms with Crippen LogP contribution in [0.5, 0.6) is 0 Å². The van der Waals surface area contributed by atoms with Crippen LogP contribution in [0.1, 0.15) is 24.2 Å². The SMILES string of the molecule is Cc1nn(-c2ccccc2)c(C)c1NC(=O)C1CCC(=O)NC1. The smallest absolute Gasteiger partial charge is 0.229 e. The number of aromatic nitrogens is 2. The van der Waals surface area contributed by atoms with Gasteiger partial charge in [-0.05, 0) is 32.4 Å². The summed E-state index contributed by atoms with van der Waals surface area (Å²) in [5.74, 6) is -0.242. The molecule has 2 amide bonds. The van der Waals surface area contributed by atoms with Crippen molar-refractivity contribution >= 4 is 17.5 Å². The van der Waals surface area contributed by atoms with E-state index in [2.05, 4.69) is 15.7 Å². The van der Waals surface area contributed by atoms with E-state index in [1.807, 2.05) is 48.9 Å². The van der Waals surface area contributed by atoms with Gasteiger partial charge in [0.25, 0.3) is 0 Å². The molecule has 0 saturated carbocycles. The number of para-hydroxylation sites is 1. The van der Waals surface area contributed by atoms with Crippen LogP contribution in [0, 0.1) is 19.8 Å². The first-order valence-corrected chi connectivity index (χ1v) is 7.75. The van der Waals surface area contributed by atoms with E-state index in [1.165, 1.54) is 0 Å². The third-order valence-corrected chi connectivity index (χ3v) is 4.18. The molecule has 1 aromatic carbocycles. The Morgan fingerprint density at radius 3 is 2.70 bits per heavy atom. The van der Waals surface area contributed by atoms with Gasteiger partial charge in [0.05, 0.1) is 28.7 Å². The predicted molar refractivity (Wildman–Crippen MR) is 87.4 cm³/mol. The Balaban J connectivity index is 1.80. The van der Waals surface area contributed by atoms with Gasteiger partial charge in [-0.1, -0.05) is 18.2 Å². The zero-order chi connectivity index (χ0) is 16.4. The first-order valence-electron chi connectivity index (χ1n) is 7.75. The summed E-state index contributed by atoms with van der Waals surface area (Å²) in [5.41, 5.74) is 3.37. The number of benzene rings is 1. The Bertz CT molecular complexity index is 727. The summed E-state index contributed by atoms with van der Waals surface area (Å²) in [5, 5.41) is 10.2. The molecule has 1 atom stereocenters. The van der Waals surface area contributed by atoms with E-state index in [4.69, 9.17) is 0 Å². The summed E-state index contributed by atoms with van der Waals surface area (Å²) in [7, 11) is 0. The second-order valence-electron chi connectivity index (χ2n) is 5.82. The number of amides is 2. The fourth-order valence-electron chi connectivity index (χ4n) is 2.83. The van der Waals surface area contributed by atoms with Gasteiger partial charge in [-0.25, -0.2) is 4.68 Å². The molecule has 2 aromatic rings. The van der Waals surface area contributed by atoms with E-state index in [9.17, 15) is 9.59 Å². The minimum atomic E-state index is -0.188. The quantitative estimate of drug-likeness (QED) is 0.909. The first-order chi connectivity index (χ1) is 11.1. The molecule has 2 heterocycles. The third-order valence-electron chi connectivity index (χ3n) is 4.18. The number of hydrogen-bond acceptors (Lipinski definition) is 3. The predicted octanol–water partition coefficient (Wildman–Crippen LogP) is 1.95. The van der Waals surface area contributed by atoms with Gasteiger partial charge in [-0.3, -0.25) is 9.59 Å². The summed E-state index contributed by atoms with van der Waals surface area (Å²) in [6, 6.07) is 9.81. The van der Waals surface area contributed by atoms with Gasteiger partial charge >= 0.3 is 0 Å². The fourth-order valence-corrected chi connectivity index (χ4v) is 2.83. The maximum absolute atomic E-state index is 12.4. The first kappa shape index (κ1) is 15.3. The summed E-state index contributed by atoms with van der Waals surface area (Å²) in [6.45, 7) is 4.21. The Morgan fingerprint density at radius 1 is 1.30 bits per heavy atom. The lowest BCUT2D eigenvalue weighted by atomic mass is 9.98. The number of nitrogens with zero attached hydrogens (tertiary/aromatic N) is 2. The van der Waals surface area contributed by atoms with Gasteiger partial charge in [-0.15, -0.1) is 0 Å². The van der Waals surface area contributed by atoms with Crippen LogP contribution in [-0.2, 0) is 9.59 Å². The van der Waals surface area contributed by atoms with Crippen LogP contribution in [0.25, 0.3) is 5.69 Å². The van der Waals surface area contributed by atoms with E-state index in [0.717, 1.165) is 22.8 Å². The lowest BCUT2D eigenvalue weighted by Crippen LogP contribution is -2.40. The lowest BCUT2D eigenvalue weighted by Gasteiger charge is -2.21. The van der Waals surface area contributed by atoms with Crippen molar-refractivity contribution in [2.75, 3.05) is 11.9 Å². The van der Waals surface area contributed by atoms with Crippen molar-refractivity contribution in [1.82, 2.24) is 15.1 Å². The highest BCUT2D eigenvalue weighted by atomic mass is 16.2. The molecule has 120 valence electrons. The van der Waals surface area contributed by atoms with E-state index in [-0.39, 0.29) is 17.7 Å². The number of carbonyl (C=O) groups is 2. The second-order valence-corrected chi connectivity index (χ2v) is 5.82. The second kappa shape index (κ2) is 6.24. The zero-order valence-corrected chi connectivity index (χ0v) is 13.3. The van der Waals surface area contributed by atoms with Gasteiger partial charge in [0.1, 0.15) is 0 Å². The summed E-state index contributed by atoms with van der Waals surface area (Å²) >= 11 is 0. The van der Waals surface area contributed by atoms with E-state index >= 15 is 0 Å². The normalized spacial score (nSPS) is 17.7. The molecule has 0 spiro atoms. The van der Waals surface area contributed by atoms with E-state index < -0.39 is 0 Å². The molecular weight excluding hydrogens is 292 g/mol. The Labute approximate surface area is 134 Å². The highest BCUT2D eigenvalue weighted by Gasteiger charge is 2.26. The molecule has 0 bridgehead atoms. The number of aryl methyl sites for hydroxylation is 1. The highest BCUT2D eigenvalue weighted by molar-refractivity contribution is 5.95. The minimum Gasteiger partial charge on any atom is -0.355 e. The number of rotatable bonds is 3. The van der Waals surface area contributed by atoms with Crippen molar-refractivity contribution in [3.8, 4) is 5.69 Å². The topological polar surface area (TPSA) is 76.0 Å². The maximum Gasteiger partial charge on any atom is 0.229 e. The largest absolute Gasteiger partial charge is 0.355 e. The average molecular weight is 312 g/mol.